The average molecular weight is 428 g/mol. The fraction of sp³-hybridized carbons (Fsp3) is 0.0833. The van der Waals surface area contributed by atoms with Crippen LogP contribution >= 0.6 is 0 Å². The minimum absolute atomic E-state index is 0.0445. The number of nitro benzene ring substituents is 1. The molecule has 3 aromatic carbocycles. The Hall–Kier alpha value is -4.46. The van der Waals surface area contributed by atoms with Crippen LogP contribution in [0.1, 0.15) is 10.5 Å². The summed E-state index contributed by atoms with van der Waals surface area (Å²) in [5.74, 6) is 0.386. The smallest absolute Gasteiger partial charge is 0.271 e. The first-order valence-electron chi connectivity index (χ1n) is 9.98. The van der Waals surface area contributed by atoms with Gasteiger partial charge in [-0.05, 0) is 23.8 Å². The maximum absolute atomic E-state index is 12.4. The number of nitrogens with zero attached hydrogens (tertiary/aromatic N) is 3. The SMILES string of the molecule is O=C(NCCOc1ccccc1-c1ccccc1)c1ccn(-c2cccc([N+](=O)[O-])c2)n1. The van der Waals surface area contributed by atoms with Gasteiger partial charge in [-0.1, -0.05) is 54.6 Å². The van der Waals surface area contributed by atoms with E-state index in [1.54, 1.807) is 24.4 Å². The van der Waals surface area contributed by atoms with Crippen molar-refractivity contribution in [2.24, 2.45) is 0 Å². The van der Waals surface area contributed by atoms with Crippen LogP contribution in [-0.2, 0) is 0 Å². The molecule has 8 heteroatoms. The molecule has 0 bridgehead atoms. The number of non-ortho nitro benzene ring substituents is 1. The van der Waals surface area contributed by atoms with Crippen molar-refractivity contribution in [2.45, 2.75) is 0 Å². The topological polar surface area (TPSA) is 99.3 Å². The molecule has 0 aliphatic heterocycles. The molecule has 1 amide bonds. The fourth-order valence-corrected chi connectivity index (χ4v) is 3.20. The third-order valence-electron chi connectivity index (χ3n) is 4.74. The summed E-state index contributed by atoms with van der Waals surface area (Å²) in [7, 11) is 0. The summed E-state index contributed by atoms with van der Waals surface area (Å²) < 4.78 is 7.31. The minimum Gasteiger partial charge on any atom is -0.491 e. The first-order chi connectivity index (χ1) is 15.6. The third-order valence-corrected chi connectivity index (χ3v) is 4.74. The third kappa shape index (κ3) is 4.81. The van der Waals surface area contributed by atoms with E-state index in [9.17, 15) is 14.9 Å². The summed E-state index contributed by atoms with van der Waals surface area (Å²) in [6.07, 6.45) is 1.58. The molecule has 160 valence electrons. The van der Waals surface area contributed by atoms with Gasteiger partial charge in [0.1, 0.15) is 12.4 Å². The van der Waals surface area contributed by atoms with Crippen LogP contribution in [0.25, 0.3) is 16.8 Å². The van der Waals surface area contributed by atoms with Gasteiger partial charge in [-0.25, -0.2) is 4.68 Å². The second kappa shape index (κ2) is 9.57. The molecule has 0 spiro atoms. The highest BCUT2D eigenvalue weighted by Crippen LogP contribution is 2.29. The normalized spacial score (nSPS) is 10.5. The number of hydrogen-bond acceptors (Lipinski definition) is 5. The molecule has 1 heterocycles. The highest BCUT2D eigenvalue weighted by molar-refractivity contribution is 5.92. The van der Waals surface area contributed by atoms with Crippen LogP contribution in [0, 0.1) is 10.1 Å². The van der Waals surface area contributed by atoms with Crippen LogP contribution in [0.4, 0.5) is 5.69 Å². The summed E-state index contributed by atoms with van der Waals surface area (Å²) in [5.41, 5.74) is 2.70. The Morgan fingerprint density at radius 2 is 1.78 bits per heavy atom. The first-order valence-corrected chi connectivity index (χ1v) is 9.98. The molecule has 0 radical (unpaired) electrons. The molecule has 0 aliphatic carbocycles. The van der Waals surface area contributed by atoms with Gasteiger partial charge < -0.3 is 10.1 Å². The molecule has 1 aromatic heterocycles. The fourth-order valence-electron chi connectivity index (χ4n) is 3.20. The number of carbonyl (C=O) groups excluding carboxylic acids is 1. The Balaban J connectivity index is 1.34. The molecule has 1 N–H and O–H groups in total. The lowest BCUT2D eigenvalue weighted by atomic mass is 10.1. The lowest BCUT2D eigenvalue weighted by Gasteiger charge is -2.12. The van der Waals surface area contributed by atoms with Crippen molar-refractivity contribution >= 4 is 11.6 Å². The Bertz CT molecular complexity index is 1240. The van der Waals surface area contributed by atoms with Gasteiger partial charge in [-0.15, -0.1) is 0 Å². The summed E-state index contributed by atoms with van der Waals surface area (Å²) in [5, 5.41) is 17.9. The average Bonchev–Trinajstić information content (AvgIpc) is 3.33. The van der Waals surface area contributed by atoms with Crippen molar-refractivity contribution in [1.82, 2.24) is 15.1 Å². The Labute approximate surface area is 184 Å². The quantitative estimate of drug-likeness (QED) is 0.257. The predicted molar refractivity (Wildman–Crippen MR) is 120 cm³/mol. The zero-order valence-electron chi connectivity index (χ0n) is 17.0. The van der Waals surface area contributed by atoms with E-state index in [0.717, 1.165) is 16.9 Å². The number of amides is 1. The predicted octanol–water partition coefficient (Wildman–Crippen LogP) is 4.26. The van der Waals surface area contributed by atoms with E-state index in [2.05, 4.69) is 10.4 Å². The van der Waals surface area contributed by atoms with Crippen LogP contribution in [0.15, 0.2) is 91.1 Å². The highest BCUT2D eigenvalue weighted by atomic mass is 16.6. The van der Waals surface area contributed by atoms with E-state index >= 15 is 0 Å². The lowest BCUT2D eigenvalue weighted by molar-refractivity contribution is -0.384. The molecular formula is C24H20N4O4. The van der Waals surface area contributed by atoms with Gasteiger partial charge >= 0.3 is 0 Å². The molecule has 0 fully saturated rings. The number of para-hydroxylation sites is 1. The zero-order valence-corrected chi connectivity index (χ0v) is 17.0. The second-order valence-electron chi connectivity index (χ2n) is 6.89. The molecule has 0 saturated carbocycles. The van der Waals surface area contributed by atoms with E-state index in [-0.39, 0.29) is 17.3 Å². The van der Waals surface area contributed by atoms with Crippen molar-refractivity contribution in [3.05, 3.63) is 107 Å². The standard InChI is InChI=1S/C24H20N4O4/c29-24(22-13-15-27(26-22)19-9-6-10-20(17-19)28(30)31)25-14-16-32-23-12-5-4-11-21(23)18-7-2-1-3-8-18/h1-13,15,17H,14,16H2,(H,25,29). The lowest BCUT2D eigenvalue weighted by Crippen LogP contribution is -2.28. The zero-order chi connectivity index (χ0) is 22.3. The summed E-state index contributed by atoms with van der Waals surface area (Å²) in [4.78, 5) is 22.9. The van der Waals surface area contributed by atoms with Crippen LogP contribution in [0.2, 0.25) is 0 Å². The monoisotopic (exact) mass is 428 g/mol. The van der Waals surface area contributed by atoms with Gasteiger partial charge in [0.2, 0.25) is 0 Å². The van der Waals surface area contributed by atoms with Crippen molar-refractivity contribution in [3.8, 4) is 22.6 Å². The Morgan fingerprint density at radius 3 is 2.59 bits per heavy atom. The van der Waals surface area contributed by atoms with E-state index in [1.807, 2.05) is 54.6 Å². The first kappa shape index (κ1) is 20.8. The van der Waals surface area contributed by atoms with Gasteiger partial charge in [0.25, 0.3) is 11.6 Å². The van der Waals surface area contributed by atoms with E-state index < -0.39 is 4.92 Å². The molecule has 4 rings (SSSR count). The number of aromatic nitrogens is 2. The van der Waals surface area contributed by atoms with Crippen LogP contribution in [-0.4, -0.2) is 33.8 Å². The van der Waals surface area contributed by atoms with Crippen LogP contribution in [0.5, 0.6) is 5.75 Å². The minimum atomic E-state index is -0.476. The number of carbonyl (C=O) groups is 1. The number of nitrogens with one attached hydrogen (secondary N) is 1. The number of ether oxygens (including phenoxy) is 1. The van der Waals surface area contributed by atoms with Gasteiger partial charge in [-0.2, -0.15) is 5.10 Å². The molecule has 32 heavy (non-hydrogen) atoms. The molecular weight excluding hydrogens is 408 g/mol. The second-order valence-corrected chi connectivity index (χ2v) is 6.89. The number of benzene rings is 3. The van der Waals surface area contributed by atoms with E-state index in [1.165, 1.54) is 16.8 Å². The maximum Gasteiger partial charge on any atom is 0.271 e. The van der Waals surface area contributed by atoms with Crippen molar-refractivity contribution < 1.29 is 14.5 Å². The van der Waals surface area contributed by atoms with Crippen molar-refractivity contribution in [3.63, 3.8) is 0 Å². The van der Waals surface area contributed by atoms with Crippen molar-refractivity contribution in [2.75, 3.05) is 13.2 Å². The van der Waals surface area contributed by atoms with Crippen molar-refractivity contribution in [1.29, 1.82) is 0 Å². The molecule has 0 unspecified atom stereocenters. The number of hydrogen-bond donors (Lipinski definition) is 1. The van der Waals surface area contributed by atoms with Gasteiger partial charge in [0.05, 0.1) is 17.2 Å². The molecule has 0 aliphatic rings. The van der Waals surface area contributed by atoms with E-state index in [4.69, 9.17) is 4.74 Å². The van der Waals surface area contributed by atoms with E-state index in [0.29, 0.717) is 18.8 Å². The maximum atomic E-state index is 12.4. The largest absolute Gasteiger partial charge is 0.491 e. The van der Waals surface area contributed by atoms with Crippen LogP contribution in [0.3, 0.4) is 0 Å². The Kier molecular flexibility index (Phi) is 6.22. The molecule has 0 atom stereocenters. The highest BCUT2D eigenvalue weighted by Gasteiger charge is 2.12. The molecule has 4 aromatic rings. The van der Waals surface area contributed by atoms with Gasteiger partial charge in [-0.3, -0.25) is 14.9 Å². The molecule has 8 nitrogen and oxygen atoms in total. The number of rotatable bonds is 8. The van der Waals surface area contributed by atoms with Gasteiger partial charge in [0, 0.05) is 23.9 Å². The summed E-state index contributed by atoms with van der Waals surface area (Å²) in [6, 6.07) is 25.3. The summed E-state index contributed by atoms with van der Waals surface area (Å²) >= 11 is 0. The Morgan fingerprint density at radius 1 is 1.00 bits per heavy atom. The molecule has 0 saturated heterocycles. The van der Waals surface area contributed by atoms with Crippen LogP contribution < -0.4 is 10.1 Å². The summed E-state index contributed by atoms with van der Waals surface area (Å²) in [6.45, 7) is 0.590. The number of nitro groups is 1. The van der Waals surface area contributed by atoms with Gasteiger partial charge in [0.15, 0.2) is 5.69 Å².